The molecule has 0 bridgehead atoms. The van der Waals surface area contributed by atoms with E-state index in [1.54, 1.807) is 65.5 Å². The van der Waals surface area contributed by atoms with Gasteiger partial charge in [0.05, 0.1) is 24.4 Å². The van der Waals surface area contributed by atoms with Crippen LogP contribution in [0.25, 0.3) is 17.2 Å². The average Bonchev–Trinajstić information content (AvgIpc) is 3.44. The molecule has 2 aromatic carbocycles. The molecular formula is C29H23F3N4O2S. The lowest BCUT2D eigenvalue weighted by molar-refractivity contribution is -0.141. The molecule has 198 valence electrons. The van der Waals surface area contributed by atoms with Gasteiger partial charge in [0.1, 0.15) is 22.5 Å². The summed E-state index contributed by atoms with van der Waals surface area (Å²) in [5, 5.41) is 13.9. The van der Waals surface area contributed by atoms with E-state index in [1.807, 2.05) is 13.0 Å². The molecule has 39 heavy (non-hydrogen) atoms. The van der Waals surface area contributed by atoms with E-state index in [9.17, 15) is 23.2 Å². The zero-order chi connectivity index (χ0) is 28.0. The average molecular weight is 549 g/mol. The molecule has 0 N–H and O–H groups in total. The summed E-state index contributed by atoms with van der Waals surface area (Å²) in [6.07, 6.45) is 1.57. The number of ketones is 1. The van der Waals surface area contributed by atoms with Crippen LogP contribution in [0, 0.1) is 11.3 Å². The van der Waals surface area contributed by atoms with Gasteiger partial charge < -0.3 is 4.74 Å². The molecule has 6 nitrogen and oxygen atoms in total. The number of aromatic nitrogens is 3. The normalized spacial score (nSPS) is 11.5. The lowest BCUT2D eigenvalue weighted by Gasteiger charge is -2.15. The number of methoxy groups -OCH3 is 1. The molecule has 0 aliphatic carbocycles. The van der Waals surface area contributed by atoms with Crippen molar-refractivity contribution < 1.29 is 22.7 Å². The van der Waals surface area contributed by atoms with Crippen molar-refractivity contribution in [1.82, 2.24) is 14.8 Å². The van der Waals surface area contributed by atoms with Gasteiger partial charge in [-0.3, -0.25) is 9.48 Å². The maximum atomic E-state index is 13.7. The first kappa shape index (κ1) is 27.7. The van der Waals surface area contributed by atoms with Crippen LogP contribution >= 0.6 is 11.8 Å². The summed E-state index contributed by atoms with van der Waals surface area (Å²) in [5.74, 6) is 0.491. The van der Waals surface area contributed by atoms with Crippen molar-refractivity contribution in [3.05, 3.63) is 101 Å². The third-order valence-corrected chi connectivity index (χ3v) is 6.84. The van der Waals surface area contributed by atoms with Gasteiger partial charge in [-0.1, -0.05) is 42.5 Å². The molecule has 0 unspecified atom stereocenters. The Bertz CT molecular complexity index is 1560. The molecule has 0 saturated carbocycles. The summed E-state index contributed by atoms with van der Waals surface area (Å²) in [7, 11) is 1.49. The summed E-state index contributed by atoms with van der Waals surface area (Å²) < 4.78 is 48.2. The largest absolute Gasteiger partial charge is 0.496 e. The second-order valence-corrected chi connectivity index (χ2v) is 9.32. The Morgan fingerprint density at radius 3 is 2.59 bits per heavy atom. The highest BCUT2D eigenvalue weighted by Gasteiger charge is 2.34. The minimum absolute atomic E-state index is 0.0303. The van der Waals surface area contributed by atoms with E-state index in [0.717, 1.165) is 17.8 Å². The van der Waals surface area contributed by atoms with Crippen LogP contribution in [0.2, 0.25) is 0 Å². The number of pyridine rings is 1. The number of ether oxygens (including phenoxy) is 1. The molecule has 0 saturated heterocycles. The predicted molar refractivity (Wildman–Crippen MR) is 143 cm³/mol. The molecular weight excluding hydrogens is 525 g/mol. The number of halogens is 3. The number of thioether (sulfide) groups is 1. The number of rotatable bonds is 9. The van der Waals surface area contributed by atoms with Crippen LogP contribution in [0.5, 0.6) is 5.75 Å². The molecule has 4 aromatic rings. The van der Waals surface area contributed by atoms with Crippen LogP contribution in [0.1, 0.15) is 39.7 Å². The maximum Gasteiger partial charge on any atom is 0.433 e. The molecule has 0 atom stereocenters. The molecule has 0 fully saturated rings. The van der Waals surface area contributed by atoms with Gasteiger partial charge in [-0.15, -0.1) is 11.8 Å². The Morgan fingerprint density at radius 2 is 1.95 bits per heavy atom. The topological polar surface area (TPSA) is 80.8 Å². The van der Waals surface area contributed by atoms with Gasteiger partial charge in [0.15, 0.2) is 5.78 Å². The number of nitriles is 1. The highest BCUT2D eigenvalue weighted by molar-refractivity contribution is 7.98. The number of alkyl halides is 3. The lowest BCUT2D eigenvalue weighted by atomic mass is 10.0. The number of aryl methyl sites for hydroxylation is 1. The summed E-state index contributed by atoms with van der Waals surface area (Å²) in [6, 6.07) is 16.6. The molecule has 0 spiro atoms. The van der Waals surface area contributed by atoms with Crippen molar-refractivity contribution in [2.75, 3.05) is 7.11 Å². The van der Waals surface area contributed by atoms with Crippen molar-refractivity contribution in [2.24, 2.45) is 0 Å². The molecule has 0 amide bonds. The molecule has 10 heteroatoms. The standard InChI is InChI=1S/C29H23F3N4O2S/c1-3-36-17-22(16-34-36)25(37)11-9-19-10-12-26(38-2)21(13-19)18-39-28-24(15-33)23(20-7-5-4-6-8-20)14-27(35-28)29(30,31)32/h4-14,16-17H,3,18H2,1-2H3/b11-9+. The Morgan fingerprint density at radius 1 is 1.18 bits per heavy atom. The highest BCUT2D eigenvalue weighted by atomic mass is 32.2. The Hall–Kier alpha value is -4.36. The Kier molecular flexibility index (Phi) is 8.52. The Labute approximate surface area is 227 Å². The van der Waals surface area contributed by atoms with E-state index in [0.29, 0.717) is 34.5 Å². The zero-order valence-electron chi connectivity index (χ0n) is 21.1. The van der Waals surface area contributed by atoms with Crippen LogP contribution in [0.4, 0.5) is 13.2 Å². The third kappa shape index (κ3) is 6.56. The Balaban J connectivity index is 1.64. The SMILES string of the molecule is CCn1cc(C(=O)/C=C/c2ccc(OC)c(CSc3nc(C(F)(F)F)cc(-c4ccccc4)c3C#N)c2)cn1. The minimum Gasteiger partial charge on any atom is -0.496 e. The van der Waals surface area contributed by atoms with Crippen molar-refractivity contribution in [1.29, 1.82) is 5.26 Å². The highest BCUT2D eigenvalue weighted by Crippen LogP contribution is 2.38. The second-order valence-electron chi connectivity index (χ2n) is 8.35. The van der Waals surface area contributed by atoms with Crippen LogP contribution in [0.15, 0.2) is 78.1 Å². The van der Waals surface area contributed by atoms with E-state index >= 15 is 0 Å². The number of carbonyl (C=O) groups is 1. The van der Waals surface area contributed by atoms with E-state index in [4.69, 9.17) is 4.74 Å². The molecule has 2 heterocycles. The summed E-state index contributed by atoms with van der Waals surface area (Å²) in [4.78, 5) is 16.3. The predicted octanol–water partition coefficient (Wildman–Crippen LogP) is 7.05. The number of hydrogen-bond acceptors (Lipinski definition) is 6. The van der Waals surface area contributed by atoms with Gasteiger partial charge in [-0.2, -0.15) is 23.5 Å². The van der Waals surface area contributed by atoms with Crippen molar-refractivity contribution in [2.45, 2.75) is 30.4 Å². The number of allylic oxidation sites excluding steroid dienone is 1. The number of benzene rings is 2. The monoisotopic (exact) mass is 548 g/mol. The fourth-order valence-electron chi connectivity index (χ4n) is 3.82. The van der Waals surface area contributed by atoms with Gasteiger partial charge in [0.25, 0.3) is 0 Å². The van der Waals surface area contributed by atoms with E-state index in [2.05, 4.69) is 10.1 Å². The van der Waals surface area contributed by atoms with Gasteiger partial charge in [0.2, 0.25) is 0 Å². The first-order valence-electron chi connectivity index (χ1n) is 11.9. The zero-order valence-corrected chi connectivity index (χ0v) is 21.9. The number of nitrogens with zero attached hydrogens (tertiary/aromatic N) is 4. The molecule has 4 rings (SSSR count). The van der Waals surface area contributed by atoms with Crippen molar-refractivity contribution in [3.8, 4) is 22.9 Å². The van der Waals surface area contributed by atoms with E-state index in [1.165, 1.54) is 19.4 Å². The first-order valence-corrected chi connectivity index (χ1v) is 12.8. The lowest BCUT2D eigenvalue weighted by Crippen LogP contribution is -2.10. The van der Waals surface area contributed by atoms with Gasteiger partial charge in [-0.05, 0) is 42.3 Å². The summed E-state index contributed by atoms with van der Waals surface area (Å²) in [5.41, 5.74) is 1.47. The van der Waals surface area contributed by atoms with E-state index in [-0.39, 0.29) is 27.7 Å². The van der Waals surface area contributed by atoms with Crippen LogP contribution < -0.4 is 4.74 Å². The summed E-state index contributed by atoms with van der Waals surface area (Å²) in [6.45, 7) is 2.57. The second kappa shape index (κ2) is 12.0. The van der Waals surface area contributed by atoms with Gasteiger partial charge >= 0.3 is 6.18 Å². The fourth-order valence-corrected chi connectivity index (χ4v) is 4.80. The van der Waals surface area contributed by atoms with E-state index < -0.39 is 11.9 Å². The van der Waals surface area contributed by atoms with Crippen molar-refractivity contribution in [3.63, 3.8) is 0 Å². The smallest absolute Gasteiger partial charge is 0.433 e. The molecule has 2 aromatic heterocycles. The third-order valence-electron chi connectivity index (χ3n) is 5.81. The molecule has 0 aliphatic rings. The quantitative estimate of drug-likeness (QED) is 0.127. The van der Waals surface area contributed by atoms with Crippen LogP contribution in [-0.4, -0.2) is 27.7 Å². The number of carbonyl (C=O) groups excluding carboxylic acids is 1. The van der Waals surface area contributed by atoms with Crippen molar-refractivity contribution >= 4 is 23.6 Å². The maximum absolute atomic E-state index is 13.7. The van der Waals surface area contributed by atoms with Crippen LogP contribution in [0.3, 0.4) is 0 Å². The summed E-state index contributed by atoms with van der Waals surface area (Å²) >= 11 is 1.01. The fraction of sp³-hybridized carbons (Fsp3) is 0.172. The van der Waals surface area contributed by atoms with Gasteiger partial charge in [0, 0.05) is 29.6 Å². The minimum atomic E-state index is -4.69. The molecule has 0 radical (unpaired) electrons. The molecule has 0 aliphatic heterocycles. The number of hydrogen-bond donors (Lipinski definition) is 0. The van der Waals surface area contributed by atoms with Crippen LogP contribution in [-0.2, 0) is 18.5 Å². The first-order chi connectivity index (χ1) is 18.7. The van der Waals surface area contributed by atoms with Gasteiger partial charge in [-0.25, -0.2) is 4.98 Å².